The van der Waals surface area contributed by atoms with Crippen LogP contribution in [-0.4, -0.2) is 17.5 Å². The van der Waals surface area contributed by atoms with E-state index in [-0.39, 0.29) is 5.91 Å². The number of aromatic nitrogens is 1. The fourth-order valence-electron chi connectivity index (χ4n) is 1.06. The van der Waals surface area contributed by atoms with Crippen LogP contribution in [0.5, 0.6) is 5.75 Å². The minimum atomic E-state index is -0.305. The maximum atomic E-state index is 10.5. The molecule has 1 rings (SSSR count). The van der Waals surface area contributed by atoms with E-state index in [2.05, 4.69) is 4.98 Å². The number of pyridine rings is 1. The van der Waals surface area contributed by atoms with Crippen molar-refractivity contribution in [1.82, 2.24) is 4.98 Å². The molecule has 1 amide bonds. The van der Waals surface area contributed by atoms with Crippen LogP contribution in [0.1, 0.15) is 19.0 Å². The van der Waals surface area contributed by atoms with Crippen LogP contribution in [-0.2, 0) is 11.2 Å². The summed E-state index contributed by atoms with van der Waals surface area (Å²) in [6, 6.07) is 3.68. The van der Waals surface area contributed by atoms with Gasteiger partial charge in [0.1, 0.15) is 5.75 Å². The van der Waals surface area contributed by atoms with Gasteiger partial charge in [-0.15, -0.1) is 0 Å². The molecule has 4 heteroatoms. The Morgan fingerprint density at radius 1 is 1.57 bits per heavy atom. The fourth-order valence-corrected chi connectivity index (χ4v) is 1.06. The van der Waals surface area contributed by atoms with Crippen LogP contribution in [0.3, 0.4) is 0 Å². The zero-order valence-corrected chi connectivity index (χ0v) is 8.19. The SMILES string of the molecule is CCOc1ccc(CCC(N)=O)nc1. The number of hydrogen-bond acceptors (Lipinski definition) is 3. The highest BCUT2D eigenvalue weighted by molar-refractivity contribution is 5.73. The molecule has 0 bridgehead atoms. The van der Waals surface area contributed by atoms with E-state index in [4.69, 9.17) is 10.5 Å². The highest BCUT2D eigenvalue weighted by atomic mass is 16.5. The monoisotopic (exact) mass is 194 g/mol. The lowest BCUT2D eigenvalue weighted by Crippen LogP contribution is -2.11. The Morgan fingerprint density at radius 2 is 2.36 bits per heavy atom. The van der Waals surface area contributed by atoms with E-state index in [0.717, 1.165) is 11.4 Å². The predicted molar refractivity (Wildman–Crippen MR) is 52.9 cm³/mol. The lowest BCUT2D eigenvalue weighted by Gasteiger charge is -2.03. The van der Waals surface area contributed by atoms with E-state index in [1.165, 1.54) is 0 Å². The number of ether oxygens (including phenoxy) is 1. The average molecular weight is 194 g/mol. The predicted octanol–water partition coefficient (Wildman–Crippen LogP) is 0.898. The quantitative estimate of drug-likeness (QED) is 0.757. The number of carbonyl (C=O) groups excluding carboxylic acids is 1. The van der Waals surface area contributed by atoms with E-state index in [1.807, 2.05) is 19.1 Å². The highest BCUT2D eigenvalue weighted by Gasteiger charge is 1.99. The van der Waals surface area contributed by atoms with Crippen LogP contribution in [0.25, 0.3) is 0 Å². The molecule has 76 valence electrons. The smallest absolute Gasteiger partial charge is 0.217 e. The van der Waals surface area contributed by atoms with E-state index in [9.17, 15) is 4.79 Å². The van der Waals surface area contributed by atoms with Gasteiger partial charge >= 0.3 is 0 Å². The maximum Gasteiger partial charge on any atom is 0.217 e. The van der Waals surface area contributed by atoms with E-state index < -0.39 is 0 Å². The van der Waals surface area contributed by atoms with Crippen molar-refractivity contribution in [3.05, 3.63) is 24.0 Å². The molecular formula is C10H14N2O2. The van der Waals surface area contributed by atoms with Crippen molar-refractivity contribution in [2.24, 2.45) is 5.73 Å². The van der Waals surface area contributed by atoms with Crippen LogP contribution in [0.2, 0.25) is 0 Å². The van der Waals surface area contributed by atoms with Crippen LogP contribution in [0.4, 0.5) is 0 Å². The molecule has 0 unspecified atom stereocenters. The Hall–Kier alpha value is -1.58. The fraction of sp³-hybridized carbons (Fsp3) is 0.400. The molecule has 0 spiro atoms. The summed E-state index contributed by atoms with van der Waals surface area (Å²) in [6.07, 6.45) is 2.57. The first-order valence-corrected chi connectivity index (χ1v) is 4.58. The van der Waals surface area contributed by atoms with Gasteiger partial charge in [0.25, 0.3) is 0 Å². The lowest BCUT2D eigenvalue weighted by molar-refractivity contribution is -0.118. The summed E-state index contributed by atoms with van der Waals surface area (Å²) in [4.78, 5) is 14.6. The third-order valence-corrected chi connectivity index (χ3v) is 1.74. The number of rotatable bonds is 5. The Kier molecular flexibility index (Phi) is 3.91. The second kappa shape index (κ2) is 5.21. The maximum absolute atomic E-state index is 10.5. The van der Waals surface area contributed by atoms with Gasteiger partial charge in [0.15, 0.2) is 0 Å². The third kappa shape index (κ3) is 3.43. The van der Waals surface area contributed by atoms with Crippen LogP contribution < -0.4 is 10.5 Å². The second-order valence-corrected chi connectivity index (χ2v) is 2.88. The molecular weight excluding hydrogens is 180 g/mol. The van der Waals surface area contributed by atoms with Crippen molar-refractivity contribution < 1.29 is 9.53 Å². The van der Waals surface area contributed by atoms with Crippen molar-refractivity contribution >= 4 is 5.91 Å². The van der Waals surface area contributed by atoms with E-state index in [0.29, 0.717) is 19.4 Å². The number of amides is 1. The van der Waals surface area contributed by atoms with Gasteiger partial charge in [-0.3, -0.25) is 9.78 Å². The van der Waals surface area contributed by atoms with Crippen molar-refractivity contribution in [2.45, 2.75) is 19.8 Å². The van der Waals surface area contributed by atoms with E-state index >= 15 is 0 Å². The molecule has 0 aromatic carbocycles. The summed E-state index contributed by atoms with van der Waals surface area (Å²) in [7, 11) is 0. The minimum Gasteiger partial charge on any atom is -0.492 e. The Bertz CT molecular complexity index is 295. The van der Waals surface area contributed by atoms with E-state index in [1.54, 1.807) is 6.20 Å². The lowest BCUT2D eigenvalue weighted by atomic mass is 10.2. The van der Waals surface area contributed by atoms with Crippen LogP contribution in [0, 0.1) is 0 Å². The molecule has 0 aliphatic rings. The molecule has 1 aromatic heterocycles. The van der Waals surface area contributed by atoms with Gasteiger partial charge in [0.2, 0.25) is 5.91 Å². The first kappa shape index (κ1) is 10.5. The summed E-state index contributed by atoms with van der Waals surface area (Å²) in [6.45, 7) is 2.54. The molecule has 2 N–H and O–H groups in total. The number of nitrogens with zero attached hydrogens (tertiary/aromatic N) is 1. The van der Waals surface area contributed by atoms with Gasteiger partial charge in [-0.1, -0.05) is 0 Å². The van der Waals surface area contributed by atoms with Crippen molar-refractivity contribution in [3.8, 4) is 5.75 Å². The molecule has 0 radical (unpaired) electrons. The van der Waals surface area contributed by atoms with Crippen LogP contribution in [0.15, 0.2) is 18.3 Å². The van der Waals surface area contributed by atoms with Crippen molar-refractivity contribution in [3.63, 3.8) is 0 Å². The molecule has 0 fully saturated rings. The molecule has 0 saturated carbocycles. The number of hydrogen-bond donors (Lipinski definition) is 1. The Balaban J connectivity index is 2.50. The molecule has 0 aliphatic heterocycles. The van der Waals surface area contributed by atoms with Crippen molar-refractivity contribution in [2.75, 3.05) is 6.61 Å². The van der Waals surface area contributed by atoms with Gasteiger partial charge < -0.3 is 10.5 Å². The summed E-state index contributed by atoms with van der Waals surface area (Å²) < 4.78 is 5.23. The molecule has 0 atom stereocenters. The Morgan fingerprint density at radius 3 is 2.86 bits per heavy atom. The number of nitrogens with two attached hydrogens (primary N) is 1. The molecule has 0 aliphatic carbocycles. The highest BCUT2D eigenvalue weighted by Crippen LogP contribution is 2.09. The summed E-state index contributed by atoms with van der Waals surface area (Å²) in [5, 5.41) is 0. The topological polar surface area (TPSA) is 65.2 Å². The minimum absolute atomic E-state index is 0.305. The van der Waals surface area contributed by atoms with Crippen LogP contribution >= 0.6 is 0 Å². The van der Waals surface area contributed by atoms with Gasteiger partial charge in [0.05, 0.1) is 12.8 Å². The van der Waals surface area contributed by atoms with Gasteiger partial charge in [0, 0.05) is 12.1 Å². The molecule has 1 aromatic rings. The number of primary amides is 1. The van der Waals surface area contributed by atoms with Gasteiger partial charge in [-0.2, -0.15) is 0 Å². The molecule has 14 heavy (non-hydrogen) atoms. The second-order valence-electron chi connectivity index (χ2n) is 2.88. The normalized spacial score (nSPS) is 9.79. The zero-order chi connectivity index (χ0) is 10.4. The standard InChI is InChI=1S/C10H14N2O2/c1-2-14-9-5-3-8(12-7-9)4-6-10(11)13/h3,5,7H,2,4,6H2,1H3,(H2,11,13). The average Bonchev–Trinajstić information content (AvgIpc) is 2.17. The van der Waals surface area contributed by atoms with Gasteiger partial charge in [-0.25, -0.2) is 0 Å². The number of carbonyl (C=O) groups is 1. The van der Waals surface area contributed by atoms with Crippen molar-refractivity contribution in [1.29, 1.82) is 0 Å². The summed E-state index contributed by atoms with van der Waals surface area (Å²) in [5.41, 5.74) is 5.88. The largest absolute Gasteiger partial charge is 0.492 e. The summed E-state index contributed by atoms with van der Waals surface area (Å²) >= 11 is 0. The third-order valence-electron chi connectivity index (χ3n) is 1.74. The summed E-state index contributed by atoms with van der Waals surface area (Å²) in [5.74, 6) is 0.441. The molecule has 1 heterocycles. The zero-order valence-electron chi connectivity index (χ0n) is 8.19. The number of aryl methyl sites for hydroxylation is 1. The molecule has 0 saturated heterocycles. The molecule has 4 nitrogen and oxygen atoms in total. The Labute approximate surface area is 83.1 Å². The first-order chi connectivity index (χ1) is 6.72. The van der Waals surface area contributed by atoms with Gasteiger partial charge in [-0.05, 0) is 25.5 Å². The first-order valence-electron chi connectivity index (χ1n) is 4.58.